The Morgan fingerprint density at radius 1 is 1.46 bits per heavy atom. The van der Waals surface area contributed by atoms with Crippen LogP contribution in [0.5, 0.6) is 0 Å². The third-order valence-electron chi connectivity index (χ3n) is 3.63. The van der Waals surface area contributed by atoms with E-state index in [0.717, 1.165) is 0 Å². The number of fused-ring (bicyclic) bond motifs is 1. The van der Waals surface area contributed by atoms with Gasteiger partial charge in [0.2, 0.25) is 0 Å². The molecular weight excluding hydrogens is 347 g/mol. The molecule has 2 unspecified atom stereocenters. The number of hydrogen-bond donors (Lipinski definition) is 4. The van der Waals surface area contributed by atoms with E-state index in [1.165, 1.54) is 24.3 Å². The van der Waals surface area contributed by atoms with Gasteiger partial charge in [-0.05, 0) is 0 Å². The molecule has 3 heterocycles. The average molecular weight is 362 g/mol. The second-order valence-corrected chi connectivity index (χ2v) is 6.34. The maximum Gasteiger partial charge on any atom is 0.469 e. The molecule has 3 rings (SSSR count). The van der Waals surface area contributed by atoms with Gasteiger partial charge in [0.15, 0.2) is 17.4 Å². The monoisotopic (exact) mass is 362 g/mol. The highest BCUT2D eigenvalue weighted by Gasteiger charge is 2.46. The second-order valence-electron chi connectivity index (χ2n) is 5.10. The number of nitrogens with one attached hydrogen (secondary N) is 1. The smallest absolute Gasteiger partial charge is 0.387 e. The summed E-state index contributed by atoms with van der Waals surface area (Å²) < 4.78 is 27.4. The van der Waals surface area contributed by atoms with Crippen molar-refractivity contribution < 1.29 is 33.5 Å². The molecule has 0 amide bonds. The van der Waals surface area contributed by atoms with Gasteiger partial charge in [-0.2, -0.15) is 0 Å². The van der Waals surface area contributed by atoms with Crippen molar-refractivity contribution in [3.8, 4) is 0 Å². The highest BCUT2D eigenvalue weighted by Crippen LogP contribution is 2.39. The van der Waals surface area contributed by atoms with Gasteiger partial charge >= 0.3 is 7.82 Å². The lowest BCUT2D eigenvalue weighted by atomic mass is 10.1. The van der Waals surface area contributed by atoms with Crippen LogP contribution in [0.4, 0.5) is 0 Å². The van der Waals surface area contributed by atoms with Crippen LogP contribution >= 0.6 is 7.82 Å². The number of phosphoric acid groups is 1. The van der Waals surface area contributed by atoms with Crippen LogP contribution in [0.1, 0.15) is 6.23 Å². The van der Waals surface area contributed by atoms with E-state index in [1.54, 1.807) is 0 Å². The van der Waals surface area contributed by atoms with Gasteiger partial charge < -0.3 is 29.4 Å². The van der Waals surface area contributed by atoms with Crippen LogP contribution in [-0.4, -0.2) is 66.4 Å². The minimum Gasteiger partial charge on any atom is -0.387 e. The lowest BCUT2D eigenvalue weighted by Crippen LogP contribution is -2.35. The number of aliphatic hydroxyl groups excluding tert-OH is 1. The van der Waals surface area contributed by atoms with Gasteiger partial charge in [-0.3, -0.25) is 13.9 Å². The maximum atomic E-state index is 11.7. The van der Waals surface area contributed by atoms with Gasteiger partial charge in [-0.15, -0.1) is 0 Å². The fraction of sp³-hybridized carbons (Fsp3) is 0.545. The van der Waals surface area contributed by atoms with E-state index in [4.69, 9.17) is 19.3 Å². The minimum atomic E-state index is -4.71. The first-order chi connectivity index (χ1) is 11.3. The third kappa shape index (κ3) is 3.13. The summed E-state index contributed by atoms with van der Waals surface area (Å²) in [6, 6.07) is 0. The topological polar surface area (TPSA) is 169 Å². The molecule has 0 spiro atoms. The van der Waals surface area contributed by atoms with Crippen molar-refractivity contribution in [3.63, 3.8) is 0 Å². The van der Waals surface area contributed by atoms with Crippen molar-refractivity contribution in [1.82, 2.24) is 19.5 Å². The van der Waals surface area contributed by atoms with E-state index in [2.05, 4.69) is 19.5 Å². The summed E-state index contributed by atoms with van der Waals surface area (Å²) in [5.41, 5.74) is -0.137. The Balaban J connectivity index is 1.90. The lowest BCUT2D eigenvalue weighted by Gasteiger charge is -2.19. The SMILES string of the molecule is COC1C(O)[C@@H](COP(=O)(O)O)O[C@H]1n1cnc2c(=O)[nH]cnc21. The first kappa shape index (κ1) is 17.2. The van der Waals surface area contributed by atoms with Crippen molar-refractivity contribution in [3.05, 3.63) is 23.0 Å². The van der Waals surface area contributed by atoms with Crippen molar-refractivity contribution in [2.75, 3.05) is 13.7 Å². The Labute approximate surface area is 134 Å². The van der Waals surface area contributed by atoms with E-state index in [9.17, 15) is 14.5 Å². The summed E-state index contributed by atoms with van der Waals surface area (Å²) in [4.78, 5) is 39.6. The molecule has 0 aromatic carbocycles. The number of hydrogen-bond acceptors (Lipinski definition) is 8. The Morgan fingerprint density at radius 3 is 2.88 bits per heavy atom. The molecule has 13 heteroatoms. The maximum absolute atomic E-state index is 11.7. The zero-order valence-electron chi connectivity index (χ0n) is 12.3. The Morgan fingerprint density at radius 2 is 2.21 bits per heavy atom. The fourth-order valence-corrected chi connectivity index (χ4v) is 2.90. The first-order valence-electron chi connectivity index (χ1n) is 6.78. The number of aliphatic hydroxyl groups is 1. The number of rotatable bonds is 5. The van der Waals surface area contributed by atoms with E-state index in [-0.39, 0.29) is 11.2 Å². The number of H-pyrrole nitrogens is 1. The van der Waals surface area contributed by atoms with Gasteiger partial charge in [0.05, 0.1) is 19.3 Å². The number of methoxy groups -OCH3 is 1. The summed E-state index contributed by atoms with van der Waals surface area (Å²) in [6.45, 7) is -0.539. The molecule has 4 N–H and O–H groups in total. The molecule has 132 valence electrons. The third-order valence-corrected chi connectivity index (χ3v) is 4.12. The summed E-state index contributed by atoms with van der Waals surface area (Å²) >= 11 is 0. The minimum absolute atomic E-state index is 0.0837. The van der Waals surface area contributed by atoms with Gasteiger partial charge in [-0.25, -0.2) is 14.5 Å². The van der Waals surface area contributed by atoms with E-state index in [0.29, 0.717) is 0 Å². The van der Waals surface area contributed by atoms with E-state index < -0.39 is 44.5 Å². The molecule has 2 aromatic heterocycles. The molecule has 1 aliphatic rings. The molecule has 2 aromatic rings. The number of phosphoric ester groups is 1. The highest BCUT2D eigenvalue weighted by atomic mass is 31.2. The summed E-state index contributed by atoms with van der Waals surface area (Å²) in [6.07, 6.45) is -1.55. The standard InChI is InChI=1S/C11H15N4O8P/c1-21-8-7(16)5(2-22-24(18,19)20)23-11(8)15-4-14-6-9(15)12-3-13-10(6)17/h3-5,7-8,11,16H,2H2,1H3,(H,12,13,17)(H2,18,19,20)/t5-,7?,8?,11-/m1/s1. The Hall–Kier alpha value is -1.66. The van der Waals surface area contributed by atoms with Gasteiger partial charge in [0.25, 0.3) is 5.56 Å². The molecule has 1 fully saturated rings. The van der Waals surface area contributed by atoms with Crippen molar-refractivity contribution in [1.29, 1.82) is 0 Å². The summed E-state index contributed by atoms with van der Waals surface area (Å²) in [7, 11) is -3.36. The zero-order valence-corrected chi connectivity index (χ0v) is 13.2. The predicted molar refractivity (Wildman–Crippen MR) is 76.9 cm³/mol. The number of nitrogens with zero attached hydrogens (tertiary/aromatic N) is 3. The van der Waals surface area contributed by atoms with Crippen molar-refractivity contribution in [2.24, 2.45) is 0 Å². The van der Waals surface area contributed by atoms with Gasteiger partial charge in [-0.1, -0.05) is 0 Å². The van der Waals surface area contributed by atoms with Crippen LogP contribution in [0.25, 0.3) is 11.2 Å². The Kier molecular flexibility index (Phi) is 4.53. The number of ether oxygens (including phenoxy) is 2. The van der Waals surface area contributed by atoms with Crippen molar-refractivity contribution >= 4 is 19.0 Å². The largest absolute Gasteiger partial charge is 0.469 e. The lowest BCUT2D eigenvalue weighted by molar-refractivity contribution is -0.0578. The molecule has 24 heavy (non-hydrogen) atoms. The summed E-state index contributed by atoms with van der Waals surface area (Å²) in [5.74, 6) is 0. The van der Waals surface area contributed by atoms with E-state index >= 15 is 0 Å². The molecule has 1 saturated heterocycles. The molecule has 4 atom stereocenters. The van der Waals surface area contributed by atoms with Gasteiger partial charge in [0.1, 0.15) is 18.3 Å². The molecule has 0 radical (unpaired) electrons. The Bertz CT molecular complexity index is 831. The van der Waals surface area contributed by atoms with Crippen LogP contribution in [0.15, 0.2) is 17.4 Å². The van der Waals surface area contributed by atoms with Crippen LogP contribution in [0, 0.1) is 0 Å². The molecule has 12 nitrogen and oxygen atoms in total. The quantitative estimate of drug-likeness (QED) is 0.459. The second kappa shape index (κ2) is 6.33. The molecule has 0 bridgehead atoms. The summed E-state index contributed by atoms with van der Waals surface area (Å²) in [5, 5.41) is 10.2. The van der Waals surface area contributed by atoms with Crippen LogP contribution in [-0.2, 0) is 18.6 Å². The number of imidazole rings is 1. The van der Waals surface area contributed by atoms with Crippen LogP contribution < -0.4 is 5.56 Å². The van der Waals surface area contributed by atoms with E-state index in [1.807, 2.05) is 0 Å². The van der Waals surface area contributed by atoms with Crippen LogP contribution in [0.3, 0.4) is 0 Å². The fourth-order valence-electron chi connectivity index (χ4n) is 2.55. The zero-order chi connectivity index (χ0) is 17.5. The molecule has 0 aliphatic carbocycles. The van der Waals surface area contributed by atoms with Gasteiger partial charge in [0, 0.05) is 7.11 Å². The normalized spacial score (nSPS) is 27.8. The predicted octanol–water partition coefficient (Wildman–Crippen LogP) is -1.50. The molecule has 1 aliphatic heterocycles. The van der Waals surface area contributed by atoms with Crippen LogP contribution in [0.2, 0.25) is 0 Å². The first-order valence-corrected chi connectivity index (χ1v) is 8.31. The number of aromatic amines is 1. The molecular formula is C11H15N4O8P. The van der Waals surface area contributed by atoms with Crippen molar-refractivity contribution in [2.45, 2.75) is 24.5 Å². The highest BCUT2D eigenvalue weighted by molar-refractivity contribution is 7.46. The number of aromatic nitrogens is 4. The average Bonchev–Trinajstić information content (AvgIpc) is 3.06. The molecule has 0 saturated carbocycles.